The third kappa shape index (κ3) is 9.22. The molecule has 0 unspecified atom stereocenters. The van der Waals surface area contributed by atoms with Gasteiger partial charge in [-0.15, -0.1) is 24.0 Å². The number of ether oxygens (including phenoxy) is 2. The summed E-state index contributed by atoms with van der Waals surface area (Å²) in [5, 5.41) is 12.8. The predicted molar refractivity (Wildman–Crippen MR) is 146 cm³/mol. The number of hydrogen-bond acceptors (Lipinski definition) is 5. The van der Waals surface area contributed by atoms with Gasteiger partial charge in [0.05, 0.1) is 12.6 Å². The topological polar surface area (TPSA) is 69.6 Å². The quantitative estimate of drug-likeness (QED) is 0.193. The van der Waals surface area contributed by atoms with Gasteiger partial charge in [-0.2, -0.15) is 0 Å². The van der Waals surface area contributed by atoms with E-state index in [9.17, 15) is 5.11 Å². The van der Waals surface area contributed by atoms with Crippen LogP contribution in [0.1, 0.15) is 44.6 Å². The molecular formula is C25H43IN4O3. The number of nitrogens with zero attached hydrogens (tertiary/aromatic N) is 3. The Morgan fingerprint density at radius 3 is 2.36 bits per heavy atom. The minimum Gasteiger partial charge on any atom is -0.396 e. The fourth-order valence-electron chi connectivity index (χ4n) is 4.47. The number of aliphatic hydroxyl groups is 1. The molecule has 2 saturated heterocycles. The van der Waals surface area contributed by atoms with E-state index in [1.807, 2.05) is 0 Å². The Bertz CT molecular complexity index is 673. The van der Waals surface area contributed by atoms with Gasteiger partial charge in [-0.05, 0) is 62.6 Å². The highest BCUT2D eigenvalue weighted by molar-refractivity contribution is 14.0. The number of guanidine groups is 1. The summed E-state index contributed by atoms with van der Waals surface area (Å²) in [6.07, 6.45) is 5.53. The first-order valence-electron chi connectivity index (χ1n) is 12.3. The highest BCUT2D eigenvalue weighted by Gasteiger charge is 2.22. The van der Waals surface area contributed by atoms with Gasteiger partial charge in [-0.3, -0.25) is 0 Å². The second kappa shape index (κ2) is 15.7. The van der Waals surface area contributed by atoms with Gasteiger partial charge in [0.2, 0.25) is 0 Å². The highest BCUT2D eigenvalue weighted by Crippen LogP contribution is 2.23. The van der Waals surface area contributed by atoms with Crippen molar-refractivity contribution >= 4 is 35.6 Å². The summed E-state index contributed by atoms with van der Waals surface area (Å²) in [5.41, 5.74) is 2.50. The maximum Gasteiger partial charge on any atom is 0.194 e. The summed E-state index contributed by atoms with van der Waals surface area (Å²) in [7, 11) is 1.73. The van der Waals surface area contributed by atoms with Gasteiger partial charge in [0, 0.05) is 65.3 Å². The van der Waals surface area contributed by atoms with Crippen LogP contribution >= 0.6 is 24.0 Å². The van der Waals surface area contributed by atoms with E-state index < -0.39 is 0 Å². The van der Waals surface area contributed by atoms with Crippen LogP contribution in [0.4, 0.5) is 5.69 Å². The molecule has 0 radical (unpaired) electrons. The lowest BCUT2D eigenvalue weighted by Crippen LogP contribution is -2.47. The summed E-state index contributed by atoms with van der Waals surface area (Å²) in [5.74, 6) is 1.47. The molecule has 3 rings (SSSR count). The van der Waals surface area contributed by atoms with Gasteiger partial charge < -0.3 is 29.7 Å². The lowest BCUT2D eigenvalue weighted by atomic mass is 9.97. The molecule has 0 aromatic heterocycles. The number of nitrogens with one attached hydrogen (secondary N) is 1. The fourth-order valence-corrected chi connectivity index (χ4v) is 4.47. The first kappa shape index (κ1) is 28.1. The van der Waals surface area contributed by atoms with Crippen molar-refractivity contribution in [3.63, 3.8) is 0 Å². The van der Waals surface area contributed by atoms with E-state index in [0.717, 1.165) is 84.0 Å². The number of hydrogen-bond donors (Lipinski definition) is 2. The van der Waals surface area contributed by atoms with Gasteiger partial charge in [-0.1, -0.05) is 12.1 Å². The molecule has 2 fully saturated rings. The van der Waals surface area contributed by atoms with Crippen molar-refractivity contribution in [2.45, 2.75) is 51.7 Å². The Balaban J connectivity index is 0.00000385. The van der Waals surface area contributed by atoms with Gasteiger partial charge in [0.15, 0.2) is 5.96 Å². The lowest BCUT2D eigenvalue weighted by molar-refractivity contribution is 0.00990. The molecule has 0 saturated carbocycles. The minimum atomic E-state index is 0. The third-order valence-corrected chi connectivity index (χ3v) is 6.51. The second-order valence-corrected chi connectivity index (χ2v) is 8.85. The number of aliphatic imine (C=N–C) groups is 1. The minimum absolute atomic E-state index is 0. The molecule has 0 amide bonds. The van der Waals surface area contributed by atoms with Crippen molar-refractivity contribution in [1.82, 2.24) is 10.2 Å². The number of methoxy groups -OCH3 is 1. The summed E-state index contributed by atoms with van der Waals surface area (Å²) in [6.45, 7) is 9.54. The van der Waals surface area contributed by atoms with Crippen molar-refractivity contribution in [3.05, 3.63) is 29.8 Å². The number of benzene rings is 1. The Hall–Kier alpha value is -1.10. The Morgan fingerprint density at radius 2 is 1.76 bits per heavy atom. The fraction of sp³-hybridized carbons (Fsp3) is 0.720. The molecule has 2 heterocycles. The molecule has 188 valence electrons. The van der Waals surface area contributed by atoms with Crippen LogP contribution in [0.2, 0.25) is 0 Å². The second-order valence-electron chi connectivity index (χ2n) is 8.85. The third-order valence-electron chi connectivity index (χ3n) is 6.51. The standard InChI is InChI=1S/C25H42N4O3.HI/c1-3-26-25(29-15-11-24(12-16-29)32-18-4-17-31-2)27-19-21-5-7-23(8-6-21)28-13-9-22(20-30)10-14-28;/h5-8,22,24,30H,3-4,9-20H2,1-2H3,(H,26,27);1H. The molecule has 2 aliphatic rings. The van der Waals surface area contributed by atoms with Crippen molar-refractivity contribution in [1.29, 1.82) is 0 Å². The van der Waals surface area contributed by atoms with Crippen LogP contribution in [0.3, 0.4) is 0 Å². The van der Waals surface area contributed by atoms with E-state index in [1.54, 1.807) is 7.11 Å². The van der Waals surface area contributed by atoms with Gasteiger partial charge >= 0.3 is 0 Å². The molecule has 8 heteroatoms. The Morgan fingerprint density at radius 1 is 1.06 bits per heavy atom. The van der Waals surface area contributed by atoms with Gasteiger partial charge in [0.25, 0.3) is 0 Å². The number of anilines is 1. The van der Waals surface area contributed by atoms with Gasteiger partial charge in [0.1, 0.15) is 0 Å². The summed E-state index contributed by atoms with van der Waals surface area (Å²) in [4.78, 5) is 9.70. The maximum atomic E-state index is 9.34. The predicted octanol–water partition coefficient (Wildman–Crippen LogP) is 3.50. The zero-order valence-corrected chi connectivity index (χ0v) is 22.7. The van der Waals surface area contributed by atoms with Crippen molar-refractivity contribution in [3.8, 4) is 0 Å². The van der Waals surface area contributed by atoms with Gasteiger partial charge in [-0.25, -0.2) is 4.99 Å². The van der Waals surface area contributed by atoms with Crippen LogP contribution in [0.5, 0.6) is 0 Å². The monoisotopic (exact) mass is 574 g/mol. The van der Waals surface area contributed by atoms with Crippen molar-refractivity contribution in [2.24, 2.45) is 10.9 Å². The van der Waals surface area contributed by atoms with Crippen LogP contribution in [-0.4, -0.2) is 81.7 Å². The lowest BCUT2D eigenvalue weighted by Gasteiger charge is -2.34. The molecule has 2 N–H and O–H groups in total. The molecular weight excluding hydrogens is 531 g/mol. The smallest absolute Gasteiger partial charge is 0.194 e. The van der Waals surface area contributed by atoms with E-state index in [4.69, 9.17) is 14.5 Å². The van der Waals surface area contributed by atoms with E-state index >= 15 is 0 Å². The summed E-state index contributed by atoms with van der Waals surface area (Å²) < 4.78 is 11.1. The van der Waals surface area contributed by atoms with E-state index in [-0.39, 0.29) is 24.0 Å². The number of halogens is 1. The van der Waals surface area contributed by atoms with Crippen molar-refractivity contribution < 1.29 is 14.6 Å². The summed E-state index contributed by atoms with van der Waals surface area (Å²) in [6, 6.07) is 8.81. The normalized spacial score (nSPS) is 18.3. The number of aliphatic hydroxyl groups excluding tert-OH is 1. The van der Waals surface area contributed by atoms with Crippen LogP contribution in [0.15, 0.2) is 29.3 Å². The van der Waals surface area contributed by atoms with Crippen molar-refractivity contribution in [2.75, 3.05) is 64.6 Å². The van der Waals surface area contributed by atoms with Crippen LogP contribution < -0.4 is 10.2 Å². The largest absolute Gasteiger partial charge is 0.396 e. The van der Waals surface area contributed by atoms with E-state index in [1.165, 1.54) is 11.3 Å². The SMILES string of the molecule is CCNC(=NCc1ccc(N2CCC(CO)CC2)cc1)N1CCC(OCCCOC)CC1.I. The molecule has 1 aromatic rings. The molecule has 0 bridgehead atoms. The Kier molecular flexibility index (Phi) is 13.4. The molecule has 33 heavy (non-hydrogen) atoms. The average Bonchev–Trinajstić information content (AvgIpc) is 2.85. The number of rotatable bonds is 10. The van der Waals surface area contributed by atoms with Crippen LogP contribution in [0, 0.1) is 5.92 Å². The zero-order chi connectivity index (χ0) is 22.6. The molecule has 2 aliphatic heterocycles. The average molecular weight is 575 g/mol. The number of likely N-dealkylation sites (tertiary alicyclic amines) is 1. The number of piperidine rings is 2. The first-order valence-corrected chi connectivity index (χ1v) is 12.3. The zero-order valence-electron chi connectivity index (χ0n) is 20.4. The Labute approximate surface area is 216 Å². The van der Waals surface area contributed by atoms with Crippen LogP contribution in [-0.2, 0) is 16.0 Å². The molecule has 1 aromatic carbocycles. The molecule has 0 atom stereocenters. The highest BCUT2D eigenvalue weighted by atomic mass is 127. The molecule has 7 nitrogen and oxygen atoms in total. The molecule has 0 aliphatic carbocycles. The first-order chi connectivity index (χ1) is 15.7. The summed E-state index contributed by atoms with van der Waals surface area (Å²) >= 11 is 0. The maximum absolute atomic E-state index is 9.34. The van der Waals surface area contributed by atoms with E-state index in [0.29, 0.717) is 25.2 Å². The molecule has 0 spiro atoms. The van der Waals surface area contributed by atoms with E-state index in [2.05, 4.69) is 46.3 Å². The van der Waals surface area contributed by atoms with Crippen LogP contribution in [0.25, 0.3) is 0 Å².